The molecule has 0 bridgehead atoms. The fourth-order valence-corrected chi connectivity index (χ4v) is 2.01. The lowest BCUT2D eigenvalue weighted by molar-refractivity contribution is -0.385. The van der Waals surface area contributed by atoms with Crippen molar-refractivity contribution in [3.63, 3.8) is 0 Å². The van der Waals surface area contributed by atoms with Gasteiger partial charge in [0.05, 0.1) is 25.2 Å². The molecule has 1 unspecified atom stereocenters. The molecular formula is C15H18N2O7. The maximum atomic E-state index is 12.3. The van der Waals surface area contributed by atoms with Gasteiger partial charge in [0.2, 0.25) is 0 Å². The van der Waals surface area contributed by atoms with E-state index in [1.54, 1.807) is 0 Å². The Hall–Kier alpha value is -2.84. The summed E-state index contributed by atoms with van der Waals surface area (Å²) in [5.41, 5.74) is -0.809. The first-order chi connectivity index (χ1) is 11.4. The van der Waals surface area contributed by atoms with Crippen LogP contribution in [-0.2, 0) is 9.53 Å². The molecule has 1 N–H and O–H groups in total. The molecular weight excluding hydrogens is 320 g/mol. The van der Waals surface area contributed by atoms with Crippen molar-refractivity contribution >= 4 is 17.6 Å². The Morgan fingerprint density at radius 2 is 1.83 bits per heavy atom. The zero-order valence-electron chi connectivity index (χ0n) is 13.5. The van der Waals surface area contributed by atoms with Crippen LogP contribution in [0.4, 0.5) is 5.69 Å². The van der Waals surface area contributed by atoms with Gasteiger partial charge in [-0.3, -0.25) is 14.9 Å². The van der Waals surface area contributed by atoms with Crippen LogP contribution in [0.15, 0.2) is 12.1 Å². The van der Waals surface area contributed by atoms with E-state index in [0.29, 0.717) is 0 Å². The number of nitrogens with zero attached hydrogens (tertiary/aromatic N) is 1. The Balaban J connectivity index is 2.23. The maximum Gasteiger partial charge on any atom is 0.346 e. The highest BCUT2D eigenvalue weighted by molar-refractivity contribution is 5.96. The summed E-state index contributed by atoms with van der Waals surface area (Å²) in [7, 11) is 2.66. The number of nitro groups is 1. The van der Waals surface area contributed by atoms with Gasteiger partial charge in [-0.1, -0.05) is 0 Å². The SMILES string of the molecule is COc1cc(C(=O)OC(C)C(=O)NC2CC2)c([N+](=O)[O-])cc1OC. The molecule has 1 aliphatic carbocycles. The van der Waals surface area contributed by atoms with Crippen LogP contribution in [0.3, 0.4) is 0 Å². The van der Waals surface area contributed by atoms with Crippen molar-refractivity contribution in [1.82, 2.24) is 5.32 Å². The fraction of sp³-hybridized carbons (Fsp3) is 0.467. The van der Waals surface area contributed by atoms with E-state index in [2.05, 4.69) is 5.32 Å². The van der Waals surface area contributed by atoms with Crippen LogP contribution >= 0.6 is 0 Å². The summed E-state index contributed by atoms with van der Waals surface area (Å²) in [4.78, 5) is 34.5. The number of carbonyl (C=O) groups excluding carboxylic acids is 2. The number of benzene rings is 1. The monoisotopic (exact) mass is 338 g/mol. The lowest BCUT2D eigenvalue weighted by Crippen LogP contribution is -2.37. The Morgan fingerprint density at radius 1 is 1.25 bits per heavy atom. The molecule has 0 saturated heterocycles. The minimum absolute atomic E-state index is 0.111. The maximum absolute atomic E-state index is 12.3. The standard InChI is InChI=1S/C15H18N2O7/c1-8(14(18)16-9-4-5-9)24-15(19)10-6-12(22-2)13(23-3)7-11(10)17(20)21/h6-9H,4-5H2,1-3H3,(H,16,18). The summed E-state index contributed by atoms with van der Waals surface area (Å²) < 4.78 is 15.1. The van der Waals surface area contributed by atoms with Crippen molar-refractivity contribution < 1.29 is 28.7 Å². The molecule has 9 nitrogen and oxygen atoms in total. The van der Waals surface area contributed by atoms with Gasteiger partial charge in [-0.15, -0.1) is 0 Å². The van der Waals surface area contributed by atoms with Gasteiger partial charge in [0.15, 0.2) is 17.6 Å². The molecule has 0 heterocycles. The molecule has 1 aromatic rings. The van der Waals surface area contributed by atoms with Gasteiger partial charge in [-0.05, 0) is 19.8 Å². The van der Waals surface area contributed by atoms with E-state index in [-0.39, 0.29) is 23.1 Å². The van der Waals surface area contributed by atoms with Gasteiger partial charge in [-0.2, -0.15) is 0 Å². The van der Waals surface area contributed by atoms with Gasteiger partial charge < -0.3 is 19.5 Å². The summed E-state index contributed by atoms with van der Waals surface area (Å²) in [5, 5.41) is 13.9. The molecule has 24 heavy (non-hydrogen) atoms. The predicted octanol–water partition coefficient (Wildman–Crippen LogP) is 1.44. The summed E-state index contributed by atoms with van der Waals surface area (Å²) in [5.74, 6) is -1.17. The highest BCUT2D eigenvalue weighted by Gasteiger charge is 2.30. The number of amides is 1. The second-order valence-corrected chi connectivity index (χ2v) is 5.31. The minimum atomic E-state index is -1.06. The average Bonchev–Trinajstić information content (AvgIpc) is 3.36. The first-order valence-electron chi connectivity index (χ1n) is 7.29. The number of nitro benzene ring substituents is 1. The van der Waals surface area contributed by atoms with Crippen molar-refractivity contribution in [2.24, 2.45) is 0 Å². The van der Waals surface area contributed by atoms with Crippen LogP contribution in [0, 0.1) is 10.1 Å². The zero-order valence-corrected chi connectivity index (χ0v) is 13.5. The molecule has 0 aliphatic heterocycles. The van der Waals surface area contributed by atoms with Crippen molar-refractivity contribution in [3.8, 4) is 11.5 Å². The Morgan fingerprint density at radius 3 is 2.33 bits per heavy atom. The smallest absolute Gasteiger partial charge is 0.346 e. The number of methoxy groups -OCH3 is 2. The number of nitrogens with one attached hydrogen (secondary N) is 1. The third-order valence-corrected chi connectivity index (χ3v) is 3.50. The number of carbonyl (C=O) groups is 2. The van der Waals surface area contributed by atoms with Crippen LogP contribution in [-0.4, -0.2) is 43.2 Å². The quantitative estimate of drug-likeness (QED) is 0.454. The van der Waals surface area contributed by atoms with Crippen molar-refractivity contribution in [2.45, 2.75) is 31.9 Å². The number of esters is 1. The van der Waals surface area contributed by atoms with Gasteiger partial charge in [-0.25, -0.2) is 4.79 Å². The van der Waals surface area contributed by atoms with Gasteiger partial charge >= 0.3 is 5.97 Å². The fourth-order valence-electron chi connectivity index (χ4n) is 2.01. The highest BCUT2D eigenvalue weighted by atomic mass is 16.6. The van der Waals surface area contributed by atoms with E-state index in [4.69, 9.17) is 14.2 Å². The predicted molar refractivity (Wildman–Crippen MR) is 82.2 cm³/mol. The van der Waals surface area contributed by atoms with E-state index < -0.39 is 28.6 Å². The summed E-state index contributed by atoms with van der Waals surface area (Å²) in [6.07, 6.45) is 0.729. The number of hydrogen-bond acceptors (Lipinski definition) is 7. The Bertz CT molecular complexity index is 670. The molecule has 1 fully saturated rings. The molecule has 0 spiro atoms. The Kier molecular flexibility index (Phi) is 5.22. The summed E-state index contributed by atoms with van der Waals surface area (Å²) >= 11 is 0. The van der Waals surface area contributed by atoms with Crippen molar-refractivity contribution in [1.29, 1.82) is 0 Å². The molecule has 0 aromatic heterocycles. The molecule has 1 amide bonds. The topological polar surface area (TPSA) is 117 Å². The lowest BCUT2D eigenvalue weighted by Gasteiger charge is -2.14. The minimum Gasteiger partial charge on any atom is -0.493 e. The van der Waals surface area contributed by atoms with E-state index >= 15 is 0 Å². The number of rotatable bonds is 7. The second kappa shape index (κ2) is 7.16. The van der Waals surface area contributed by atoms with Gasteiger partial charge in [0, 0.05) is 12.1 Å². The van der Waals surface area contributed by atoms with E-state index in [1.165, 1.54) is 21.1 Å². The molecule has 2 rings (SSSR count). The number of hydrogen-bond donors (Lipinski definition) is 1. The lowest BCUT2D eigenvalue weighted by atomic mass is 10.1. The van der Waals surface area contributed by atoms with Crippen LogP contribution in [0.1, 0.15) is 30.1 Å². The molecule has 130 valence electrons. The van der Waals surface area contributed by atoms with Gasteiger partial charge in [0.1, 0.15) is 5.56 Å². The first kappa shape index (κ1) is 17.5. The normalized spacial score (nSPS) is 14.5. The molecule has 1 aliphatic rings. The highest BCUT2D eigenvalue weighted by Crippen LogP contribution is 2.35. The third-order valence-electron chi connectivity index (χ3n) is 3.50. The molecule has 0 radical (unpaired) electrons. The van der Waals surface area contributed by atoms with Crippen LogP contribution in [0.2, 0.25) is 0 Å². The molecule has 9 heteroatoms. The second-order valence-electron chi connectivity index (χ2n) is 5.31. The average molecular weight is 338 g/mol. The van der Waals surface area contributed by atoms with Crippen LogP contribution in [0.25, 0.3) is 0 Å². The summed E-state index contributed by atoms with van der Waals surface area (Å²) in [6, 6.07) is 2.35. The third kappa shape index (κ3) is 3.92. The van der Waals surface area contributed by atoms with E-state index in [9.17, 15) is 19.7 Å². The van der Waals surface area contributed by atoms with Crippen molar-refractivity contribution in [2.75, 3.05) is 14.2 Å². The van der Waals surface area contributed by atoms with Gasteiger partial charge in [0.25, 0.3) is 11.6 Å². The largest absolute Gasteiger partial charge is 0.493 e. The summed E-state index contributed by atoms with van der Waals surface area (Å²) in [6.45, 7) is 1.40. The Labute approximate surface area is 138 Å². The first-order valence-corrected chi connectivity index (χ1v) is 7.29. The molecule has 1 aromatic carbocycles. The number of ether oxygens (including phenoxy) is 3. The van der Waals surface area contributed by atoms with Crippen LogP contribution in [0.5, 0.6) is 11.5 Å². The van der Waals surface area contributed by atoms with Crippen LogP contribution < -0.4 is 14.8 Å². The van der Waals surface area contributed by atoms with Crippen molar-refractivity contribution in [3.05, 3.63) is 27.8 Å². The molecule has 1 saturated carbocycles. The zero-order chi connectivity index (χ0) is 17.9. The molecule has 1 atom stereocenters. The van der Waals surface area contributed by atoms with E-state index in [1.807, 2.05) is 0 Å². The van der Waals surface area contributed by atoms with E-state index in [0.717, 1.165) is 25.0 Å².